The van der Waals surface area contributed by atoms with Gasteiger partial charge in [0.2, 0.25) is 0 Å². The molecule has 1 aromatic carbocycles. The summed E-state index contributed by atoms with van der Waals surface area (Å²) in [5, 5.41) is 0.689. The van der Waals surface area contributed by atoms with E-state index in [9.17, 15) is 0 Å². The lowest BCUT2D eigenvalue weighted by atomic mass is 10.2. The molecule has 1 aliphatic heterocycles. The molecule has 6 heteroatoms. The number of pyridine rings is 1. The quantitative estimate of drug-likeness (QED) is 0.790. The zero-order valence-electron chi connectivity index (χ0n) is 12.6. The van der Waals surface area contributed by atoms with Gasteiger partial charge in [-0.3, -0.25) is 0 Å². The van der Waals surface area contributed by atoms with Crippen molar-refractivity contribution in [1.82, 2.24) is 9.88 Å². The average Bonchev–Trinajstić information content (AvgIpc) is 2.46. The van der Waals surface area contributed by atoms with Gasteiger partial charge in [0.15, 0.2) is 0 Å². The van der Waals surface area contributed by atoms with Crippen molar-refractivity contribution in [3.8, 4) is 0 Å². The molecule has 3 nitrogen and oxygen atoms in total. The maximum absolute atomic E-state index is 6.10. The van der Waals surface area contributed by atoms with Gasteiger partial charge in [0.05, 0.1) is 15.6 Å². The van der Waals surface area contributed by atoms with E-state index >= 15 is 0 Å². The number of rotatable bonds is 4. The summed E-state index contributed by atoms with van der Waals surface area (Å²) in [6, 6.07) is 10.5. The van der Waals surface area contributed by atoms with Crippen LogP contribution in [-0.2, 0) is 0 Å². The Morgan fingerprint density at radius 2 is 2.00 bits per heavy atom. The average molecular weight is 356 g/mol. The van der Waals surface area contributed by atoms with Crippen molar-refractivity contribution in [2.24, 2.45) is 0 Å². The topological polar surface area (TPSA) is 19.4 Å². The van der Waals surface area contributed by atoms with Crippen molar-refractivity contribution in [3.05, 3.63) is 41.6 Å². The number of benzene rings is 1. The molecule has 0 atom stereocenters. The molecule has 0 aliphatic carbocycles. The summed E-state index contributed by atoms with van der Waals surface area (Å²) in [5.41, 5.74) is 1.24. The SMILES string of the molecule is CN(C)CCCN1c2ccccc2Sc2cc(Cl)cnc21.Cl. The highest BCUT2D eigenvalue weighted by Gasteiger charge is 2.24. The number of fused-ring (bicyclic) bond motifs is 2. The Kier molecular flexibility index (Phi) is 5.98. The van der Waals surface area contributed by atoms with Crippen LogP contribution in [0.25, 0.3) is 0 Å². The van der Waals surface area contributed by atoms with Crippen LogP contribution >= 0.6 is 35.8 Å². The minimum absolute atomic E-state index is 0. The second kappa shape index (κ2) is 7.55. The first-order valence-corrected chi connectivity index (χ1v) is 8.19. The van der Waals surface area contributed by atoms with Gasteiger partial charge in [0, 0.05) is 17.6 Å². The molecule has 0 fully saturated rings. The number of hydrogen-bond donors (Lipinski definition) is 0. The van der Waals surface area contributed by atoms with E-state index in [-0.39, 0.29) is 12.4 Å². The Balaban J connectivity index is 0.00000176. The number of aromatic nitrogens is 1. The fourth-order valence-electron chi connectivity index (χ4n) is 2.46. The molecule has 0 spiro atoms. The van der Waals surface area contributed by atoms with E-state index < -0.39 is 0 Å². The molecule has 2 heterocycles. The normalized spacial score (nSPS) is 12.6. The Morgan fingerprint density at radius 3 is 2.77 bits per heavy atom. The third-order valence-corrected chi connectivity index (χ3v) is 4.71. The summed E-state index contributed by atoms with van der Waals surface area (Å²) in [6.45, 7) is 2.02. The standard InChI is InChI=1S/C16H18ClN3S.ClH/c1-19(2)8-5-9-20-13-6-3-4-7-14(13)21-15-10-12(17)11-18-16(15)20;/h3-4,6-7,10-11H,5,8-9H2,1-2H3;1H. The molecule has 118 valence electrons. The van der Waals surface area contributed by atoms with Crippen LogP contribution in [-0.4, -0.2) is 37.1 Å². The third-order valence-electron chi connectivity index (χ3n) is 3.42. The molecular formula is C16H19Cl2N3S. The highest BCUT2D eigenvalue weighted by molar-refractivity contribution is 7.99. The molecule has 22 heavy (non-hydrogen) atoms. The molecule has 0 saturated heterocycles. The van der Waals surface area contributed by atoms with Crippen molar-refractivity contribution >= 4 is 47.3 Å². The zero-order chi connectivity index (χ0) is 14.8. The van der Waals surface area contributed by atoms with E-state index in [1.165, 1.54) is 10.6 Å². The smallest absolute Gasteiger partial charge is 0.147 e. The first-order valence-electron chi connectivity index (χ1n) is 7.00. The molecule has 3 rings (SSSR count). The lowest BCUT2D eigenvalue weighted by Gasteiger charge is -2.32. The number of nitrogens with zero attached hydrogens (tertiary/aromatic N) is 3. The van der Waals surface area contributed by atoms with E-state index in [0.717, 1.165) is 30.2 Å². The number of hydrogen-bond acceptors (Lipinski definition) is 4. The number of para-hydroxylation sites is 1. The summed E-state index contributed by atoms with van der Waals surface area (Å²) >= 11 is 7.84. The van der Waals surface area contributed by atoms with Gasteiger partial charge >= 0.3 is 0 Å². The molecule has 0 radical (unpaired) electrons. The van der Waals surface area contributed by atoms with Crippen LogP contribution in [0.3, 0.4) is 0 Å². The van der Waals surface area contributed by atoms with Gasteiger partial charge in [0.25, 0.3) is 0 Å². The molecule has 0 amide bonds. The van der Waals surface area contributed by atoms with Crippen molar-refractivity contribution in [3.63, 3.8) is 0 Å². The number of anilines is 2. The molecule has 1 aliphatic rings. The van der Waals surface area contributed by atoms with Crippen molar-refractivity contribution < 1.29 is 0 Å². The predicted molar refractivity (Wildman–Crippen MR) is 97.2 cm³/mol. The fraction of sp³-hybridized carbons (Fsp3) is 0.312. The highest BCUT2D eigenvalue weighted by Crippen LogP contribution is 2.47. The lowest BCUT2D eigenvalue weighted by molar-refractivity contribution is 0.402. The summed E-state index contributed by atoms with van der Waals surface area (Å²) < 4.78 is 0. The van der Waals surface area contributed by atoms with Crippen LogP contribution < -0.4 is 4.90 Å². The summed E-state index contributed by atoms with van der Waals surface area (Å²) in [4.78, 5) is 11.5. The van der Waals surface area contributed by atoms with Crippen LogP contribution in [0.1, 0.15) is 6.42 Å². The summed E-state index contributed by atoms with van der Waals surface area (Å²) in [6.07, 6.45) is 2.82. The van der Waals surface area contributed by atoms with Crippen LogP contribution in [0, 0.1) is 0 Å². The summed E-state index contributed by atoms with van der Waals surface area (Å²) in [7, 11) is 4.21. The van der Waals surface area contributed by atoms with Gasteiger partial charge in [-0.2, -0.15) is 0 Å². The second-order valence-electron chi connectivity index (χ2n) is 5.35. The molecule has 2 aromatic rings. The first-order chi connectivity index (χ1) is 10.1. The van der Waals surface area contributed by atoms with Gasteiger partial charge in [-0.1, -0.05) is 35.5 Å². The summed E-state index contributed by atoms with van der Waals surface area (Å²) in [5.74, 6) is 1.02. The minimum Gasteiger partial charge on any atom is -0.324 e. The third kappa shape index (κ3) is 3.69. The van der Waals surface area contributed by atoms with E-state index in [2.05, 4.69) is 53.1 Å². The zero-order valence-corrected chi connectivity index (χ0v) is 15.0. The fourth-order valence-corrected chi connectivity index (χ4v) is 3.79. The van der Waals surface area contributed by atoms with Crippen LogP contribution in [0.15, 0.2) is 46.3 Å². The Labute approximate surface area is 147 Å². The number of halogens is 2. The molecule has 0 bridgehead atoms. The van der Waals surface area contributed by atoms with Gasteiger partial charge in [-0.05, 0) is 45.3 Å². The monoisotopic (exact) mass is 355 g/mol. The van der Waals surface area contributed by atoms with E-state index in [4.69, 9.17) is 11.6 Å². The highest BCUT2D eigenvalue weighted by atomic mass is 35.5. The predicted octanol–water partition coefficient (Wildman–Crippen LogP) is 4.71. The van der Waals surface area contributed by atoms with Crippen molar-refractivity contribution in [1.29, 1.82) is 0 Å². The molecule has 0 N–H and O–H groups in total. The molecule has 0 saturated carbocycles. The second-order valence-corrected chi connectivity index (χ2v) is 6.87. The van der Waals surface area contributed by atoms with Crippen LogP contribution in [0.5, 0.6) is 0 Å². The lowest BCUT2D eigenvalue weighted by Crippen LogP contribution is -2.26. The van der Waals surface area contributed by atoms with E-state index in [1.807, 2.05) is 6.07 Å². The van der Waals surface area contributed by atoms with Gasteiger partial charge in [-0.25, -0.2) is 4.98 Å². The molecule has 1 aromatic heterocycles. The van der Waals surface area contributed by atoms with Crippen molar-refractivity contribution in [2.45, 2.75) is 16.2 Å². The first kappa shape index (κ1) is 17.4. The van der Waals surface area contributed by atoms with E-state index in [1.54, 1.807) is 18.0 Å². The van der Waals surface area contributed by atoms with Gasteiger partial charge in [0.1, 0.15) is 5.82 Å². The van der Waals surface area contributed by atoms with Crippen LogP contribution in [0.4, 0.5) is 11.5 Å². The van der Waals surface area contributed by atoms with Gasteiger partial charge < -0.3 is 9.80 Å². The molecule has 0 unspecified atom stereocenters. The Hall–Kier alpha value is -0.940. The largest absolute Gasteiger partial charge is 0.324 e. The van der Waals surface area contributed by atoms with E-state index in [0.29, 0.717) is 5.02 Å². The van der Waals surface area contributed by atoms with Crippen molar-refractivity contribution in [2.75, 3.05) is 32.1 Å². The Morgan fingerprint density at radius 1 is 1.23 bits per heavy atom. The van der Waals surface area contributed by atoms with Crippen LogP contribution in [0.2, 0.25) is 5.02 Å². The molecular weight excluding hydrogens is 337 g/mol. The minimum atomic E-state index is 0. The van der Waals surface area contributed by atoms with Gasteiger partial charge in [-0.15, -0.1) is 12.4 Å². The Bertz CT molecular complexity index is 649. The maximum atomic E-state index is 6.10. The maximum Gasteiger partial charge on any atom is 0.147 e.